The first-order valence-electron chi connectivity index (χ1n) is 10.3. The number of amides is 1. The molecule has 4 rings (SSSR count). The van der Waals surface area contributed by atoms with Crippen molar-refractivity contribution in [2.45, 2.75) is 17.1 Å². The van der Waals surface area contributed by atoms with E-state index in [4.69, 9.17) is 12.2 Å². The molecule has 0 saturated carbocycles. The summed E-state index contributed by atoms with van der Waals surface area (Å²) < 4.78 is 0. The first-order chi connectivity index (χ1) is 15.6. The maximum atomic E-state index is 12.7. The fourth-order valence-corrected chi connectivity index (χ4v) is 4.39. The number of hydrogen-bond donors (Lipinski definition) is 3. The van der Waals surface area contributed by atoms with Crippen LogP contribution in [0.2, 0.25) is 0 Å². The summed E-state index contributed by atoms with van der Waals surface area (Å²) in [4.78, 5) is 13.7. The number of anilines is 3. The quantitative estimate of drug-likeness (QED) is 0.220. The van der Waals surface area contributed by atoms with Crippen molar-refractivity contribution in [2.75, 3.05) is 16.0 Å². The number of para-hydroxylation sites is 1. The molecule has 0 saturated heterocycles. The molecule has 4 aromatic rings. The number of nitrogens with one attached hydrogen (secondary N) is 3. The van der Waals surface area contributed by atoms with Crippen LogP contribution in [0.4, 0.5) is 17.1 Å². The van der Waals surface area contributed by atoms with Gasteiger partial charge in [-0.3, -0.25) is 4.79 Å². The number of hydrogen-bond acceptors (Lipinski definition) is 3. The van der Waals surface area contributed by atoms with E-state index in [0.29, 0.717) is 5.11 Å². The van der Waals surface area contributed by atoms with Gasteiger partial charge in [0.15, 0.2) is 5.11 Å². The van der Waals surface area contributed by atoms with Crippen molar-refractivity contribution in [3.05, 3.63) is 97.1 Å². The summed E-state index contributed by atoms with van der Waals surface area (Å²) in [6.45, 7) is 1.91. The van der Waals surface area contributed by atoms with Crippen LogP contribution in [-0.4, -0.2) is 16.3 Å². The Balaban J connectivity index is 1.35. The molecular formula is C26H23N3OS2. The molecule has 1 unspecified atom stereocenters. The van der Waals surface area contributed by atoms with Gasteiger partial charge < -0.3 is 16.0 Å². The Labute approximate surface area is 197 Å². The average molecular weight is 458 g/mol. The van der Waals surface area contributed by atoms with E-state index in [2.05, 4.69) is 22.0 Å². The zero-order chi connectivity index (χ0) is 22.3. The second-order valence-electron chi connectivity index (χ2n) is 7.28. The zero-order valence-electron chi connectivity index (χ0n) is 17.5. The first kappa shape index (κ1) is 21.9. The van der Waals surface area contributed by atoms with Crippen molar-refractivity contribution in [1.82, 2.24) is 0 Å². The molecule has 1 atom stereocenters. The summed E-state index contributed by atoms with van der Waals surface area (Å²) in [5.74, 6) is -0.0371. The van der Waals surface area contributed by atoms with Crippen molar-refractivity contribution in [2.24, 2.45) is 0 Å². The molecule has 0 aliphatic heterocycles. The highest BCUT2D eigenvalue weighted by Gasteiger charge is 2.15. The molecule has 0 aliphatic carbocycles. The Morgan fingerprint density at radius 1 is 0.719 bits per heavy atom. The first-order valence-corrected chi connectivity index (χ1v) is 11.5. The number of carbonyl (C=O) groups is 1. The number of thioether (sulfide) groups is 1. The lowest BCUT2D eigenvalue weighted by atomic mass is 10.1. The predicted octanol–water partition coefficient (Wildman–Crippen LogP) is 6.77. The van der Waals surface area contributed by atoms with Gasteiger partial charge in [-0.2, -0.15) is 0 Å². The minimum Gasteiger partial charge on any atom is -0.332 e. The Morgan fingerprint density at radius 3 is 2.19 bits per heavy atom. The Kier molecular flexibility index (Phi) is 7.04. The van der Waals surface area contributed by atoms with E-state index >= 15 is 0 Å². The number of benzene rings is 4. The lowest BCUT2D eigenvalue weighted by Gasteiger charge is -2.14. The van der Waals surface area contributed by atoms with Crippen molar-refractivity contribution in [3.8, 4) is 0 Å². The van der Waals surface area contributed by atoms with Gasteiger partial charge in [-0.1, -0.05) is 54.6 Å². The van der Waals surface area contributed by atoms with Crippen LogP contribution in [0.25, 0.3) is 10.8 Å². The van der Waals surface area contributed by atoms with Gasteiger partial charge in [0.2, 0.25) is 5.91 Å². The summed E-state index contributed by atoms with van der Waals surface area (Å²) in [7, 11) is 0. The predicted molar refractivity (Wildman–Crippen MR) is 141 cm³/mol. The van der Waals surface area contributed by atoms with E-state index in [1.807, 2.05) is 97.9 Å². The van der Waals surface area contributed by atoms with Crippen LogP contribution >= 0.6 is 24.0 Å². The zero-order valence-corrected chi connectivity index (χ0v) is 19.2. The molecule has 0 radical (unpaired) electrons. The molecule has 0 aromatic heterocycles. The molecular weight excluding hydrogens is 434 g/mol. The minimum atomic E-state index is -0.258. The maximum Gasteiger partial charge on any atom is 0.237 e. The Bertz CT molecular complexity index is 1240. The minimum absolute atomic E-state index is 0.0371. The second kappa shape index (κ2) is 10.3. The molecule has 1 amide bonds. The van der Waals surface area contributed by atoms with E-state index < -0.39 is 0 Å². The highest BCUT2D eigenvalue weighted by molar-refractivity contribution is 8.00. The third kappa shape index (κ3) is 5.87. The lowest BCUT2D eigenvalue weighted by molar-refractivity contribution is -0.115. The van der Waals surface area contributed by atoms with Gasteiger partial charge >= 0.3 is 0 Å². The van der Waals surface area contributed by atoms with Gasteiger partial charge in [0.05, 0.1) is 5.25 Å². The summed E-state index contributed by atoms with van der Waals surface area (Å²) in [5.41, 5.74) is 2.59. The van der Waals surface area contributed by atoms with Crippen LogP contribution in [0.3, 0.4) is 0 Å². The van der Waals surface area contributed by atoms with Crippen molar-refractivity contribution in [1.29, 1.82) is 0 Å². The number of thiocarbonyl (C=S) groups is 1. The highest BCUT2D eigenvalue weighted by atomic mass is 32.2. The lowest BCUT2D eigenvalue weighted by Crippen LogP contribution is -2.22. The third-order valence-corrected chi connectivity index (χ3v) is 6.12. The van der Waals surface area contributed by atoms with Gasteiger partial charge in [-0.15, -0.1) is 11.8 Å². The summed E-state index contributed by atoms with van der Waals surface area (Å²) in [5, 5.41) is 11.9. The molecule has 6 heteroatoms. The van der Waals surface area contributed by atoms with E-state index in [0.717, 1.165) is 32.7 Å². The summed E-state index contributed by atoms with van der Waals surface area (Å²) in [6, 6.07) is 31.7. The number of fused-ring (bicyclic) bond motifs is 1. The van der Waals surface area contributed by atoms with Gasteiger partial charge in [0, 0.05) is 22.0 Å². The number of carbonyl (C=O) groups excluding carboxylic acids is 1. The molecule has 4 nitrogen and oxygen atoms in total. The molecule has 0 aliphatic rings. The second-order valence-corrected chi connectivity index (χ2v) is 9.11. The van der Waals surface area contributed by atoms with Crippen molar-refractivity contribution in [3.63, 3.8) is 0 Å². The van der Waals surface area contributed by atoms with Crippen LogP contribution in [0.5, 0.6) is 0 Å². The Morgan fingerprint density at radius 2 is 1.38 bits per heavy atom. The van der Waals surface area contributed by atoms with Gasteiger partial charge in [-0.25, -0.2) is 0 Å². The van der Waals surface area contributed by atoms with E-state index in [1.54, 1.807) is 0 Å². The fraction of sp³-hybridized carbons (Fsp3) is 0.0769. The van der Waals surface area contributed by atoms with Gasteiger partial charge in [0.25, 0.3) is 0 Å². The maximum absolute atomic E-state index is 12.7. The monoisotopic (exact) mass is 457 g/mol. The van der Waals surface area contributed by atoms with Crippen molar-refractivity contribution >= 4 is 62.8 Å². The number of rotatable bonds is 6. The van der Waals surface area contributed by atoms with Crippen molar-refractivity contribution < 1.29 is 4.79 Å². The summed E-state index contributed by atoms with van der Waals surface area (Å²) in [6.07, 6.45) is 0. The molecule has 4 aromatic carbocycles. The smallest absolute Gasteiger partial charge is 0.237 e. The molecule has 0 fully saturated rings. The standard InChI is InChI=1S/C26H23N3OS2/c1-18(25(30)27-23-15-14-19-8-5-6-9-20(19)16-23)32-24-13-7-12-22(17-24)29-26(31)28-21-10-3-2-4-11-21/h2-18H,1H3,(H,27,30)(H2,28,29,31). The molecule has 3 N–H and O–H groups in total. The SMILES string of the molecule is CC(Sc1cccc(NC(=S)Nc2ccccc2)c1)C(=O)Nc1ccc2ccccc2c1. The van der Waals surface area contributed by atoms with Crippen LogP contribution in [0.15, 0.2) is 102 Å². The normalized spacial score (nSPS) is 11.5. The highest BCUT2D eigenvalue weighted by Crippen LogP contribution is 2.27. The largest absolute Gasteiger partial charge is 0.332 e. The summed E-state index contributed by atoms with van der Waals surface area (Å²) >= 11 is 6.91. The van der Waals surface area contributed by atoms with Gasteiger partial charge in [-0.05, 0) is 72.4 Å². The van der Waals surface area contributed by atoms with E-state index in [1.165, 1.54) is 11.8 Å². The van der Waals surface area contributed by atoms with Gasteiger partial charge in [0.1, 0.15) is 0 Å². The van der Waals surface area contributed by atoms with Crippen LogP contribution < -0.4 is 16.0 Å². The molecule has 0 bridgehead atoms. The van der Waals surface area contributed by atoms with Crippen LogP contribution in [-0.2, 0) is 4.79 Å². The van der Waals surface area contributed by atoms with Crippen LogP contribution in [0, 0.1) is 0 Å². The molecule has 0 spiro atoms. The van der Waals surface area contributed by atoms with Crippen LogP contribution in [0.1, 0.15) is 6.92 Å². The van der Waals surface area contributed by atoms with E-state index in [-0.39, 0.29) is 11.2 Å². The Hall–Kier alpha value is -3.35. The third-order valence-electron chi connectivity index (χ3n) is 4.82. The average Bonchev–Trinajstić information content (AvgIpc) is 2.80. The molecule has 0 heterocycles. The topological polar surface area (TPSA) is 53.2 Å². The van der Waals surface area contributed by atoms with E-state index in [9.17, 15) is 4.79 Å². The fourth-order valence-electron chi connectivity index (χ4n) is 3.23. The molecule has 32 heavy (non-hydrogen) atoms. The molecule has 160 valence electrons.